The number of rotatable bonds is 4. The van der Waals surface area contributed by atoms with Crippen molar-refractivity contribution in [2.75, 3.05) is 25.0 Å². The Balaban J connectivity index is 1.45. The van der Waals surface area contributed by atoms with Gasteiger partial charge in [-0.05, 0) is 68.1 Å². The predicted octanol–water partition coefficient (Wildman–Crippen LogP) is 4.24. The van der Waals surface area contributed by atoms with Crippen molar-refractivity contribution in [3.63, 3.8) is 0 Å². The first kappa shape index (κ1) is 22.9. The molecule has 7 nitrogen and oxygen atoms in total. The van der Waals surface area contributed by atoms with Crippen LogP contribution < -0.4 is 4.90 Å². The SMILES string of the molecule is Cc1c(-c2ccc(C#N)cc2)nnc(N2CCC(N(C)C(=O)c3cccc(C#N)c3)CC2)c1C. The summed E-state index contributed by atoms with van der Waals surface area (Å²) in [5.41, 5.74) is 5.57. The molecule has 1 fully saturated rings. The van der Waals surface area contributed by atoms with Crippen molar-refractivity contribution in [2.24, 2.45) is 0 Å². The summed E-state index contributed by atoms with van der Waals surface area (Å²) in [5, 5.41) is 27.2. The molecule has 1 saturated heterocycles. The Morgan fingerprint density at radius 3 is 2.29 bits per heavy atom. The second-order valence-corrected chi connectivity index (χ2v) is 8.64. The van der Waals surface area contributed by atoms with Gasteiger partial charge in [0.2, 0.25) is 0 Å². The second kappa shape index (κ2) is 9.72. The molecule has 1 aromatic heterocycles. The normalized spacial score (nSPS) is 13.7. The summed E-state index contributed by atoms with van der Waals surface area (Å²) in [7, 11) is 1.84. The molecule has 7 heteroatoms. The van der Waals surface area contributed by atoms with Gasteiger partial charge in [0.1, 0.15) is 0 Å². The third-order valence-electron chi connectivity index (χ3n) is 6.66. The lowest BCUT2D eigenvalue weighted by Gasteiger charge is -2.37. The van der Waals surface area contributed by atoms with E-state index >= 15 is 0 Å². The zero-order valence-corrected chi connectivity index (χ0v) is 19.6. The van der Waals surface area contributed by atoms with Crippen LogP contribution in [0.25, 0.3) is 11.3 Å². The first-order valence-corrected chi connectivity index (χ1v) is 11.3. The van der Waals surface area contributed by atoms with Gasteiger partial charge >= 0.3 is 0 Å². The zero-order valence-electron chi connectivity index (χ0n) is 19.6. The Hall–Kier alpha value is -4.23. The predicted molar refractivity (Wildman–Crippen MR) is 130 cm³/mol. The second-order valence-electron chi connectivity index (χ2n) is 8.64. The molecule has 0 unspecified atom stereocenters. The molecule has 2 aromatic carbocycles. The minimum atomic E-state index is -0.0610. The summed E-state index contributed by atoms with van der Waals surface area (Å²) < 4.78 is 0. The Labute approximate surface area is 199 Å². The molecule has 0 spiro atoms. The van der Waals surface area contributed by atoms with Crippen LogP contribution >= 0.6 is 0 Å². The molecule has 1 amide bonds. The molecule has 4 rings (SSSR count). The van der Waals surface area contributed by atoms with Crippen molar-refractivity contribution in [3.05, 3.63) is 76.3 Å². The monoisotopic (exact) mass is 450 g/mol. The topological polar surface area (TPSA) is 96.9 Å². The molecule has 0 aliphatic carbocycles. The molecule has 0 saturated carbocycles. The quantitative estimate of drug-likeness (QED) is 0.590. The molecule has 0 atom stereocenters. The van der Waals surface area contributed by atoms with Crippen LogP contribution in [-0.4, -0.2) is 47.2 Å². The van der Waals surface area contributed by atoms with E-state index < -0.39 is 0 Å². The van der Waals surface area contributed by atoms with Crippen LogP contribution in [0.2, 0.25) is 0 Å². The lowest BCUT2D eigenvalue weighted by Crippen LogP contribution is -2.46. The fourth-order valence-electron chi connectivity index (χ4n) is 4.43. The van der Waals surface area contributed by atoms with Crippen LogP contribution in [0.15, 0.2) is 48.5 Å². The largest absolute Gasteiger partial charge is 0.355 e. The fraction of sp³-hybridized carbons (Fsp3) is 0.296. The Kier molecular flexibility index (Phi) is 6.56. The van der Waals surface area contributed by atoms with Gasteiger partial charge in [-0.3, -0.25) is 4.79 Å². The highest BCUT2D eigenvalue weighted by Gasteiger charge is 2.28. The molecule has 1 aliphatic heterocycles. The Morgan fingerprint density at radius 1 is 0.971 bits per heavy atom. The van der Waals surface area contributed by atoms with Crippen molar-refractivity contribution in [1.82, 2.24) is 15.1 Å². The summed E-state index contributed by atoms with van der Waals surface area (Å²) in [5.74, 6) is 0.818. The summed E-state index contributed by atoms with van der Waals surface area (Å²) in [6.45, 7) is 5.68. The molecule has 2 heterocycles. The standard InChI is InChI=1S/C27H26N6O/c1-18-19(2)26(31-30-25(18)22-9-7-20(16-28)8-10-22)33-13-11-24(12-14-33)32(3)27(34)23-6-4-5-21(15-23)17-29/h4-10,15,24H,11-14H2,1-3H3. The van der Waals surface area contributed by atoms with E-state index in [4.69, 9.17) is 10.5 Å². The number of amides is 1. The zero-order chi connectivity index (χ0) is 24.2. The van der Waals surface area contributed by atoms with E-state index in [0.717, 1.165) is 54.1 Å². The molecule has 0 bridgehead atoms. The first-order valence-electron chi connectivity index (χ1n) is 11.3. The van der Waals surface area contributed by atoms with E-state index in [-0.39, 0.29) is 11.9 Å². The lowest BCUT2D eigenvalue weighted by molar-refractivity contribution is 0.0709. The van der Waals surface area contributed by atoms with Gasteiger partial charge in [-0.15, -0.1) is 10.2 Å². The molecule has 3 aromatic rings. The lowest BCUT2D eigenvalue weighted by atomic mass is 10.00. The Morgan fingerprint density at radius 2 is 1.65 bits per heavy atom. The van der Waals surface area contributed by atoms with Crippen molar-refractivity contribution in [2.45, 2.75) is 32.7 Å². The van der Waals surface area contributed by atoms with Crippen molar-refractivity contribution < 1.29 is 4.79 Å². The highest BCUT2D eigenvalue weighted by molar-refractivity contribution is 5.94. The number of nitrogens with zero attached hydrogens (tertiary/aromatic N) is 6. The van der Waals surface area contributed by atoms with E-state index in [1.807, 2.05) is 19.2 Å². The van der Waals surface area contributed by atoms with E-state index in [1.165, 1.54) is 0 Å². The fourth-order valence-corrected chi connectivity index (χ4v) is 4.43. The minimum Gasteiger partial charge on any atom is -0.355 e. The third-order valence-corrected chi connectivity index (χ3v) is 6.66. The van der Waals surface area contributed by atoms with Crippen LogP contribution in [0.1, 0.15) is 45.5 Å². The average molecular weight is 451 g/mol. The van der Waals surface area contributed by atoms with E-state index in [2.05, 4.69) is 41.1 Å². The molecular weight excluding hydrogens is 424 g/mol. The average Bonchev–Trinajstić information content (AvgIpc) is 2.89. The number of carbonyl (C=O) groups excluding carboxylic acids is 1. The number of anilines is 1. The number of carbonyl (C=O) groups is 1. The summed E-state index contributed by atoms with van der Waals surface area (Å²) in [6.07, 6.45) is 1.66. The maximum absolute atomic E-state index is 12.9. The highest BCUT2D eigenvalue weighted by Crippen LogP contribution is 2.30. The molecule has 170 valence electrons. The number of piperidine rings is 1. The van der Waals surface area contributed by atoms with Gasteiger partial charge in [0.05, 0.1) is 29.0 Å². The molecule has 0 radical (unpaired) electrons. The first-order chi connectivity index (χ1) is 16.4. The minimum absolute atomic E-state index is 0.0610. The highest BCUT2D eigenvalue weighted by atomic mass is 16.2. The molecule has 34 heavy (non-hydrogen) atoms. The summed E-state index contributed by atoms with van der Waals surface area (Å²) in [4.78, 5) is 17.0. The van der Waals surface area contributed by atoms with Gasteiger partial charge < -0.3 is 9.80 Å². The van der Waals surface area contributed by atoms with Gasteiger partial charge in [-0.2, -0.15) is 10.5 Å². The van der Waals surface area contributed by atoms with Gasteiger partial charge in [-0.1, -0.05) is 18.2 Å². The van der Waals surface area contributed by atoms with Crippen LogP contribution in [-0.2, 0) is 0 Å². The van der Waals surface area contributed by atoms with Gasteiger partial charge in [-0.25, -0.2) is 0 Å². The molecular formula is C27H26N6O. The smallest absolute Gasteiger partial charge is 0.253 e. The maximum atomic E-state index is 12.9. The van der Waals surface area contributed by atoms with Crippen molar-refractivity contribution in [1.29, 1.82) is 10.5 Å². The molecule has 0 N–H and O–H groups in total. The number of benzene rings is 2. The summed E-state index contributed by atoms with van der Waals surface area (Å²) in [6, 6.07) is 18.6. The van der Waals surface area contributed by atoms with Gasteiger partial charge in [0.15, 0.2) is 5.82 Å². The van der Waals surface area contributed by atoms with E-state index in [0.29, 0.717) is 16.7 Å². The number of nitriles is 2. The number of hydrogen-bond donors (Lipinski definition) is 0. The van der Waals surface area contributed by atoms with Crippen LogP contribution in [0.5, 0.6) is 0 Å². The van der Waals surface area contributed by atoms with Crippen molar-refractivity contribution >= 4 is 11.7 Å². The maximum Gasteiger partial charge on any atom is 0.253 e. The third kappa shape index (κ3) is 4.46. The Bertz CT molecular complexity index is 1290. The number of aromatic nitrogens is 2. The summed E-state index contributed by atoms with van der Waals surface area (Å²) >= 11 is 0. The van der Waals surface area contributed by atoms with Crippen LogP contribution in [0.4, 0.5) is 5.82 Å². The van der Waals surface area contributed by atoms with Gasteiger partial charge in [0.25, 0.3) is 5.91 Å². The van der Waals surface area contributed by atoms with Crippen LogP contribution in [0.3, 0.4) is 0 Å². The molecule has 1 aliphatic rings. The van der Waals surface area contributed by atoms with Crippen LogP contribution in [0, 0.1) is 36.5 Å². The van der Waals surface area contributed by atoms with E-state index in [1.54, 1.807) is 41.3 Å². The van der Waals surface area contributed by atoms with E-state index in [9.17, 15) is 4.79 Å². The number of hydrogen-bond acceptors (Lipinski definition) is 6. The van der Waals surface area contributed by atoms with Crippen molar-refractivity contribution in [3.8, 4) is 23.4 Å². The van der Waals surface area contributed by atoms with Gasteiger partial charge in [0, 0.05) is 37.3 Å².